The zero-order valence-corrected chi connectivity index (χ0v) is 39.8. The molecule has 4 rings (SSSR count). The third-order valence-corrected chi connectivity index (χ3v) is 9.42. The number of azo groups is 2. The van der Waals surface area contributed by atoms with Crippen LogP contribution in [-0.4, -0.2) is 91.0 Å². The summed E-state index contributed by atoms with van der Waals surface area (Å²) in [6.45, 7) is 2.93. The number of carboxylic acid groups (broad SMARTS) is 1. The van der Waals surface area contributed by atoms with Crippen molar-refractivity contribution in [1.29, 1.82) is 0 Å². The van der Waals surface area contributed by atoms with Crippen LogP contribution in [0.3, 0.4) is 0 Å². The molecule has 0 amide bonds. The molecule has 0 fully saturated rings. The molecule has 58 heavy (non-hydrogen) atoms. The second-order valence-electron chi connectivity index (χ2n) is 10.3. The van der Waals surface area contributed by atoms with Crippen LogP contribution in [0.15, 0.2) is 108 Å². The molecule has 0 atom stereocenters. The summed E-state index contributed by atoms with van der Waals surface area (Å²) < 4.78 is 113. The van der Waals surface area contributed by atoms with Crippen LogP contribution in [-0.2, 0) is 51.9 Å². The number of phenols is 1. The summed E-state index contributed by atoms with van der Waals surface area (Å²) in [5.74, 6) is -4.11. The molecule has 1 aliphatic carbocycles. The number of allylic oxidation sites excluding steroid dienone is 5. The molecule has 3 aromatic rings. The number of nitrogens with zero attached hydrogens (tertiary/aromatic N) is 7. The molecule has 2 aromatic carbocycles. The number of carboxylic acids is 1. The average Bonchev–Trinajstić information content (AvgIpc) is 3.10. The minimum atomic E-state index is -5.25. The first-order valence-electron chi connectivity index (χ1n) is 14.6. The standard InChI is InChI=1S/C29H27FN9O12S3.Cu.3Na/c1-2-52(43,44)13-12-51-11-10-31-28-33-27(30)34-29(35-28)32-22-15-19(54(48,49)50)16-23(24(22)40)37-39-25(17-6-4-3-5-7-17)38-36-21-14-18(53(45,46)47)8-9-20(21)26(41)42;;;;/h2-9,14-16,40H,1,10-13H2,(H,41,42)(H,45,46,47)(H,48,49,50)(H2,31,32,33,34,35);;;;/q-1;+2;3*+1/p-2. The van der Waals surface area contributed by atoms with Crippen LogP contribution in [0.2, 0.25) is 0 Å². The summed E-state index contributed by atoms with van der Waals surface area (Å²) >= 11 is 0. The van der Waals surface area contributed by atoms with Crippen molar-refractivity contribution in [2.75, 3.05) is 36.1 Å². The van der Waals surface area contributed by atoms with E-state index in [1.54, 1.807) is 6.08 Å². The number of aromatic hydroxyl groups is 1. The first-order chi connectivity index (χ1) is 25.4. The van der Waals surface area contributed by atoms with Crippen LogP contribution < -0.4 is 99.3 Å². The molecule has 29 heteroatoms. The van der Waals surface area contributed by atoms with Gasteiger partial charge in [0.15, 0.2) is 15.6 Å². The summed E-state index contributed by atoms with van der Waals surface area (Å²) in [5, 5.41) is 41.5. The van der Waals surface area contributed by atoms with Gasteiger partial charge in [0, 0.05) is 12.0 Å². The minimum absolute atomic E-state index is 0. The SMILES string of the molecule is C=CS(=O)(=O)CCOCCNc1nc(F)nc(Nc2cc(S(=O)(=O)[O-])cc(N=N/C(N=Nc3cc(S(=O)(=O)[O-])ccc3C(=O)O)=C3\C=CC=C[CH-]3)c2O)n1.[Cu+2].[Na+].[Na+].[Na+]. The van der Waals surface area contributed by atoms with Crippen molar-refractivity contribution in [1.82, 2.24) is 15.0 Å². The second-order valence-corrected chi connectivity index (χ2v) is 15.1. The zero-order valence-electron chi connectivity index (χ0n) is 30.4. The number of aromatic carboxylic acids is 1. The Kier molecular flexibility index (Phi) is 23.7. The maximum absolute atomic E-state index is 14.3. The summed E-state index contributed by atoms with van der Waals surface area (Å²) in [7, 11) is -13.8. The van der Waals surface area contributed by atoms with E-state index in [4.69, 9.17) is 4.74 Å². The fourth-order valence-electron chi connectivity index (χ4n) is 3.97. The maximum Gasteiger partial charge on any atom is 2.00 e. The predicted octanol–water partition coefficient (Wildman–Crippen LogP) is -5.63. The van der Waals surface area contributed by atoms with Crippen LogP contribution in [0.25, 0.3) is 0 Å². The Morgan fingerprint density at radius 3 is 2.12 bits per heavy atom. The van der Waals surface area contributed by atoms with E-state index < -0.39 is 92.1 Å². The minimum Gasteiger partial charge on any atom is -0.744 e. The summed E-state index contributed by atoms with van der Waals surface area (Å²) in [4.78, 5) is 20.7. The molecule has 1 aliphatic rings. The zero-order chi connectivity index (χ0) is 39.7. The summed E-state index contributed by atoms with van der Waals surface area (Å²) in [5.41, 5.74) is -2.20. The summed E-state index contributed by atoms with van der Waals surface area (Å²) in [6, 6.07) is 3.56. The molecule has 21 nitrogen and oxygen atoms in total. The van der Waals surface area contributed by atoms with Gasteiger partial charge in [-0.15, -0.1) is 36.3 Å². The van der Waals surface area contributed by atoms with Crippen molar-refractivity contribution in [3.8, 4) is 5.75 Å². The molecule has 4 N–H and O–H groups in total. The van der Waals surface area contributed by atoms with Crippen LogP contribution in [0.5, 0.6) is 5.75 Å². The van der Waals surface area contributed by atoms with Gasteiger partial charge in [-0.2, -0.15) is 39.8 Å². The van der Waals surface area contributed by atoms with Gasteiger partial charge in [0.05, 0.1) is 40.0 Å². The molecule has 0 aliphatic heterocycles. The van der Waals surface area contributed by atoms with Crippen molar-refractivity contribution in [2.24, 2.45) is 20.5 Å². The Bertz CT molecular complexity index is 2480. The van der Waals surface area contributed by atoms with Crippen molar-refractivity contribution in [3.63, 3.8) is 0 Å². The van der Waals surface area contributed by atoms with Gasteiger partial charge in [0.1, 0.15) is 37.4 Å². The van der Waals surface area contributed by atoms with Crippen molar-refractivity contribution in [3.05, 3.63) is 96.1 Å². The first kappa shape index (κ1) is 55.5. The molecular formula is C29H25CuFN9Na3O12S3+2. The predicted molar refractivity (Wildman–Crippen MR) is 182 cm³/mol. The van der Waals surface area contributed by atoms with E-state index in [0.29, 0.717) is 18.2 Å². The number of aromatic nitrogens is 3. The van der Waals surface area contributed by atoms with Gasteiger partial charge < -0.3 is 34.7 Å². The number of hydrogen-bond acceptors (Lipinski definition) is 20. The molecule has 0 saturated heterocycles. The topological polar surface area (TPSA) is 327 Å². The molecule has 0 spiro atoms. The van der Waals surface area contributed by atoms with Crippen molar-refractivity contribution >= 4 is 65.0 Å². The molecule has 295 valence electrons. The van der Waals surface area contributed by atoms with Gasteiger partial charge >= 0.3 is 118 Å². The van der Waals surface area contributed by atoms with Crippen LogP contribution >= 0.6 is 0 Å². The first-order valence-corrected chi connectivity index (χ1v) is 19.2. The third-order valence-electron chi connectivity index (χ3n) is 6.53. The van der Waals surface area contributed by atoms with E-state index in [2.05, 4.69) is 52.6 Å². The maximum atomic E-state index is 14.3. The molecule has 0 bridgehead atoms. The van der Waals surface area contributed by atoms with E-state index in [9.17, 15) is 53.8 Å². The van der Waals surface area contributed by atoms with E-state index in [0.717, 1.165) is 17.5 Å². The number of carbonyl (C=O) groups is 1. The van der Waals surface area contributed by atoms with Gasteiger partial charge in [0.2, 0.25) is 11.9 Å². The molecule has 1 heterocycles. The molecule has 0 unspecified atom stereocenters. The van der Waals surface area contributed by atoms with Crippen LogP contribution in [0.4, 0.5) is 33.3 Å². The number of anilines is 3. The summed E-state index contributed by atoms with van der Waals surface area (Å²) in [6.07, 6.45) is 6.20. The fourth-order valence-corrected chi connectivity index (χ4v) is 5.49. The number of halogens is 1. The largest absolute Gasteiger partial charge is 2.00 e. The molecule has 0 saturated carbocycles. The number of benzene rings is 2. The van der Waals surface area contributed by atoms with Gasteiger partial charge in [-0.05, 0) is 30.3 Å². The van der Waals surface area contributed by atoms with Crippen molar-refractivity contribution < 1.29 is 164 Å². The number of sulfone groups is 1. The smallest absolute Gasteiger partial charge is 0.744 e. The van der Waals surface area contributed by atoms with E-state index in [1.165, 1.54) is 24.6 Å². The van der Waals surface area contributed by atoms with Crippen molar-refractivity contribution in [2.45, 2.75) is 9.79 Å². The number of ether oxygens (including phenoxy) is 1. The van der Waals surface area contributed by atoms with Gasteiger partial charge in [-0.1, -0.05) is 6.58 Å². The fraction of sp³-hybridized carbons (Fsp3) is 0.138. The number of nitrogens with one attached hydrogen (secondary N) is 2. The molecular weight excluding hydrogens is 914 g/mol. The van der Waals surface area contributed by atoms with Gasteiger partial charge in [-0.3, -0.25) is 0 Å². The molecule has 1 aromatic heterocycles. The van der Waals surface area contributed by atoms with E-state index in [1.807, 2.05) is 0 Å². The quantitative estimate of drug-likeness (QED) is 0.0245. The molecule has 1 radical (unpaired) electrons. The van der Waals surface area contributed by atoms with Crippen LogP contribution in [0.1, 0.15) is 10.4 Å². The van der Waals surface area contributed by atoms with E-state index in [-0.39, 0.29) is 143 Å². The Labute approximate surface area is 407 Å². The number of hydrogen-bond donors (Lipinski definition) is 4. The Morgan fingerprint density at radius 1 is 0.914 bits per heavy atom. The second kappa shape index (κ2) is 24.7. The van der Waals surface area contributed by atoms with Gasteiger partial charge in [-0.25, -0.2) is 30.0 Å². The third kappa shape index (κ3) is 16.9. The normalized spacial score (nSPS) is 13.3. The van der Waals surface area contributed by atoms with E-state index >= 15 is 0 Å². The van der Waals surface area contributed by atoms with Gasteiger partial charge in [0.25, 0.3) is 0 Å². The average molecular weight is 939 g/mol. The Balaban J connectivity index is 0.00000812. The number of phenolic OH excluding ortho intramolecular Hbond substituents is 1. The van der Waals surface area contributed by atoms with Crippen LogP contribution in [0, 0.1) is 12.5 Å². The Hall–Kier alpha value is -2.47. The Morgan fingerprint density at radius 2 is 1.53 bits per heavy atom. The monoisotopic (exact) mass is 938 g/mol. The number of rotatable bonds is 17.